The van der Waals surface area contributed by atoms with Crippen molar-refractivity contribution in [2.75, 3.05) is 0 Å². The summed E-state index contributed by atoms with van der Waals surface area (Å²) in [6.45, 7) is -0.951. The van der Waals surface area contributed by atoms with Crippen molar-refractivity contribution in [3.05, 3.63) is 30.3 Å². The molecule has 4 heteroatoms. The Kier molecular flexibility index (Phi) is 7.58. The summed E-state index contributed by atoms with van der Waals surface area (Å²) in [6, 6.07) is 9.64. The Morgan fingerprint density at radius 1 is 1.10 bits per heavy atom. The van der Waals surface area contributed by atoms with Gasteiger partial charge >= 0.3 is 51.4 Å². The van der Waals surface area contributed by atoms with E-state index in [9.17, 15) is 0 Å². The van der Waals surface area contributed by atoms with E-state index in [0.29, 0.717) is 0 Å². The summed E-state index contributed by atoms with van der Waals surface area (Å²) in [5, 5.41) is 1.01. The van der Waals surface area contributed by atoms with Gasteiger partial charge in [-0.3, -0.25) is 0 Å². The van der Waals surface area contributed by atoms with Crippen molar-refractivity contribution in [3.63, 3.8) is 0 Å². The average molecular weight is 219 g/mol. The van der Waals surface area contributed by atoms with Crippen LogP contribution in [0.2, 0.25) is 0 Å². The molecule has 0 atom stereocenters. The van der Waals surface area contributed by atoms with Crippen LogP contribution in [-0.4, -0.2) is 0 Å². The molecule has 0 saturated carbocycles. The molecule has 50 valence electrons. The molecule has 0 saturated heterocycles. The number of hydrogen-bond acceptors (Lipinski definition) is 0. The number of benzene rings is 1. The molecule has 0 radical (unpaired) electrons. The van der Waals surface area contributed by atoms with Crippen molar-refractivity contribution in [1.29, 1.82) is 0 Å². The van der Waals surface area contributed by atoms with Crippen LogP contribution in [0.3, 0.4) is 0 Å². The molecular formula is C6H6Cl2KP. The van der Waals surface area contributed by atoms with Gasteiger partial charge in [0, 0.05) is 5.30 Å². The fourth-order valence-corrected chi connectivity index (χ4v) is 1.61. The average Bonchev–Trinajstić information content (AvgIpc) is 1.90. The van der Waals surface area contributed by atoms with Gasteiger partial charge in [-0.2, -0.15) is 0 Å². The molecule has 0 fully saturated rings. The van der Waals surface area contributed by atoms with E-state index < -0.39 is 6.63 Å². The van der Waals surface area contributed by atoms with Crippen LogP contribution in [0, 0.1) is 0 Å². The predicted octanol–water partition coefficient (Wildman–Crippen LogP) is 0.218. The van der Waals surface area contributed by atoms with Crippen molar-refractivity contribution in [2.24, 2.45) is 0 Å². The van der Waals surface area contributed by atoms with Crippen LogP contribution >= 0.6 is 29.1 Å². The third-order valence-electron chi connectivity index (χ3n) is 0.951. The van der Waals surface area contributed by atoms with E-state index in [1.54, 1.807) is 0 Å². The van der Waals surface area contributed by atoms with Gasteiger partial charge in [0.25, 0.3) is 0 Å². The number of rotatable bonds is 1. The normalized spacial score (nSPS) is 9.10. The molecule has 1 rings (SSSR count). The Hall–Kier alpha value is 1.87. The van der Waals surface area contributed by atoms with E-state index in [2.05, 4.69) is 0 Å². The Morgan fingerprint density at radius 3 is 1.90 bits per heavy atom. The summed E-state index contributed by atoms with van der Waals surface area (Å²) in [6.07, 6.45) is 0. The topological polar surface area (TPSA) is 0 Å². The van der Waals surface area contributed by atoms with Crippen LogP contribution < -0.4 is 56.7 Å². The summed E-state index contributed by atoms with van der Waals surface area (Å²) < 4.78 is 0. The zero-order chi connectivity index (χ0) is 6.69. The molecule has 0 spiro atoms. The van der Waals surface area contributed by atoms with Gasteiger partial charge < -0.3 is 1.43 Å². The first-order valence-corrected chi connectivity index (χ1v) is 5.62. The second-order valence-corrected chi connectivity index (χ2v) is 5.10. The monoisotopic (exact) mass is 218 g/mol. The van der Waals surface area contributed by atoms with Gasteiger partial charge in [0.2, 0.25) is 0 Å². The van der Waals surface area contributed by atoms with Crippen LogP contribution in [-0.2, 0) is 0 Å². The van der Waals surface area contributed by atoms with Gasteiger partial charge in [-0.05, 0) is 0 Å². The molecule has 1 aromatic carbocycles. The Labute approximate surface area is 116 Å². The minimum Gasteiger partial charge on any atom is -1.00 e. The van der Waals surface area contributed by atoms with E-state index in [1.807, 2.05) is 30.3 Å². The molecule has 0 nitrogen and oxygen atoms in total. The van der Waals surface area contributed by atoms with Crippen molar-refractivity contribution in [3.8, 4) is 0 Å². The van der Waals surface area contributed by atoms with E-state index in [1.165, 1.54) is 0 Å². The van der Waals surface area contributed by atoms with E-state index in [-0.39, 0.29) is 52.8 Å². The predicted molar refractivity (Wildman–Crippen MR) is 45.8 cm³/mol. The SMILES string of the molecule is ClP(Cl)c1ccccc1.[H-].[K+]. The van der Waals surface area contributed by atoms with E-state index in [0.717, 1.165) is 5.30 Å². The molecule has 1 aromatic rings. The Bertz CT molecular complexity index is 183. The summed E-state index contributed by atoms with van der Waals surface area (Å²) in [5.41, 5.74) is 0. The van der Waals surface area contributed by atoms with Crippen molar-refractivity contribution < 1.29 is 52.8 Å². The van der Waals surface area contributed by atoms with Gasteiger partial charge in [-0.25, -0.2) is 0 Å². The van der Waals surface area contributed by atoms with Crippen LogP contribution in [0.25, 0.3) is 0 Å². The van der Waals surface area contributed by atoms with Crippen molar-refractivity contribution >= 4 is 34.4 Å². The first-order chi connectivity index (χ1) is 4.30. The maximum absolute atomic E-state index is 5.63. The van der Waals surface area contributed by atoms with Crippen molar-refractivity contribution in [2.45, 2.75) is 0 Å². The zero-order valence-corrected chi connectivity index (χ0v) is 11.1. The van der Waals surface area contributed by atoms with Gasteiger partial charge in [0.15, 0.2) is 0 Å². The molecule has 0 bridgehead atoms. The maximum atomic E-state index is 5.63. The molecule has 0 amide bonds. The smallest absolute Gasteiger partial charge is 1.00 e. The van der Waals surface area contributed by atoms with Crippen molar-refractivity contribution in [1.82, 2.24) is 0 Å². The summed E-state index contributed by atoms with van der Waals surface area (Å²) in [7, 11) is 0. The van der Waals surface area contributed by atoms with Crippen LogP contribution in [0.4, 0.5) is 0 Å². The summed E-state index contributed by atoms with van der Waals surface area (Å²) >= 11 is 11.3. The van der Waals surface area contributed by atoms with Gasteiger partial charge in [0.05, 0.1) is 0 Å². The maximum Gasteiger partial charge on any atom is 1.00 e. The molecule has 0 aliphatic rings. The second-order valence-electron chi connectivity index (χ2n) is 1.57. The quantitative estimate of drug-likeness (QED) is 0.468. The molecule has 10 heavy (non-hydrogen) atoms. The minimum absolute atomic E-state index is 0. The van der Waals surface area contributed by atoms with Gasteiger partial charge in [-0.1, -0.05) is 52.8 Å². The Balaban J connectivity index is 0. The second kappa shape index (κ2) is 6.39. The first kappa shape index (κ1) is 11.9. The van der Waals surface area contributed by atoms with Crippen LogP contribution in [0.15, 0.2) is 30.3 Å². The third-order valence-corrected chi connectivity index (χ3v) is 2.81. The third kappa shape index (κ3) is 4.03. The van der Waals surface area contributed by atoms with E-state index in [4.69, 9.17) is 22.5 Å². The fourth-order valence-electron chi connectivity index (χ4n) is 0.541. The van der Waals surface area contributed by atoms with Crippen LogP contribution in [0.5, 0.6) is 0 Å². The molecule has 0 aliphatic carbocycles. The fraction of sp³-hybridized carbons (Fsp3) is 0. The molecule has 0 heterocycles. The van der Waals surface area contributed by atoms with E-state index >= 15 is 0 Å². The molecule has 0 aromatic heterocycles. The van der Waals surface area contributed by atoms with Gasteiger partial charge in [0.1, 0.15) is 6.63 Å². The Morgan fingerprint density at radius 2 is 1.60 bits per heavy atom. The standard InChI is InChI=1S/C6H5Cl2P.K.H/c7-9(8)6-4-2-1-3-5-6;;/h1-5H;;/q;+1;-1. The van der Waals surface area contributed by atoms with Crippen LogP contribution in [0.1, 0.15) is 1.43 Å². The number of halogens is 2. The summed E-state index contributed by atoms with van der Waals surface area (Å²) in [5.74, 6) is 0. The largest absolute Gasteiger partial charge is 1.00 e. The minimum atomic E-state index is -0.951. The summed E-state index contributed by atoms with van der Waals surface area (Å²) in [4.78, 5) is 0. The molecule has 0 aliphatic heterocycles. The first-order valence-electron chi connectivity index (χ1n) is 2.47. The molecule has 0 unspecified atom stereocenters. The molecular weight excluding hydrogens is 213 g/mol. The molecule has 0 N–H and O–H groups in total. The zero-order valence-electron chi connectivity index (χ0n) is 6.59. The van der Waals surface area contributed by atoms with Gasteiger partial charge in [-0.15, -0.1) is 0 Å². The number of hydrogen-bond donors (Lipinski definition) is 0.